The maximum atomic E-state index is 12.4. The maximum absolute atomic E-state index is 12.4. The van der Waals surface area contributed by atoms with Crippen LogP contribution in [-0.4, -0.2) is 46.6 Å². The number of fused-ring (bicyclic) bond motifs is 1. The lowest BCUT2D eigenvalue weighted by Gasteiger charge is -2.29. The smallest absolute Gasteiger partial charge is 0.255 e. The first-order valence-electron chi connectivity index (χ1n) is 6.76. The SMILES string of the molecule is CN1CCC(NC(=O)c2cnn3ccc(Br)cc23)CC1. The van der Waals surface area contributed by atoms with Crippen LogP contribution in [0.3, 0.4) is 0 Å². The number of pyridine rings is 1. The van der Waals surface area contributed by atoms with Gasteiger partial charge in [-0.05, 0) is 45.1 Å². The summed E-state index contributed by atoms with van der Waals surface area (Å²) in [5.74, 6) is -0.0346. The van der Waals surface area contributed by atoms with Gasteiger partial charge in [0.1, 0.15) is 0 Å². The molecule has 3 heterocycles. The van der Waals surface area contributed by atoms with Crippen LogP contribution in [-0.2, 0) is 0 Å². The number of rotatable bonds is 2. The normalized spacial score (nSPS) is 17.5. The Bertz CT molecular complexity index is 631. The summed E-state index contributed by atoms with van der Waals surface area (Å²) in [4.78, 5) is 14.7. The summed E-state index contributed by atoms with van der Waals surface area (Å²) in [6.07, 6.45) is 5.48. The molecule has 0 spiro atoms. The van der Waals surface area contributed by atoms with Gasteiger partial charge in [0.15, 0.2) is 0 Å². The third kappa shape index (κ3) is 2.71. The molecule has 0 atom stereocenters. The monoisotopic (exact) mass is 336 g/mol. The van der Waals surface area contributed by atoms with Crippen molar-refractivity contribution in [3.05, 3.63) is 34.6 Å². The summed E-state index contributed by atoms with van der Waals surface area (Å²) in [5.41, 5.74) is 1.45. The number of likely N-dealkylation sites (tertiary alicyclic amines) is 1. The average molecular weight is 337 g/mol. The molecule has 20 heavy (non-hydrogen) atoms. The van der Waals surface area contributed by atoms with E-state index in [4.69, 9.17) is 0 Å². The number of carbonyl (C=O) groups is 1. The Morgan fingerprint density at radius 2 is 2.20 bits per heavy atom. The van der Waals surface area contributed by atoms with Crippen LogP contribution in [0.25, 0.3) is 5.52 Å². The molecule has 6 heteroatoms. The zero-order valence-corrected chi connectivity index (χ0v) is 12.9. The van der Waals surface area contributed by atoms with Crippen LogP contribution in [0.4, 0.5) is 0 Å². The van der Waals surface area contributed by atoms with E-state index in [9.17, 15) is 4.79 Å². The van der Waals surface area contributed by atoms with Gasteiger partial charge < -0.3 is 10.2 Å². The van der Waals surface area contributed by atoms with Gasteiger partial charge in [-0.2, -0.15) is 5.10 Å². The van der Waals surface area contributed by atoms with Crippen LogP contribution in [0.15, 0.2) is 29.0 Å². The lowest BCUT2D eigenvalue weighted by atomic mass is 10.1. The molecule has 1 fully saturated rings. The number of halogens is 1. The highest BCUT2D eigenvalue weighted by atomic mass is 79.9. The minimum Gasteiger partial charge on any atom is -0.349 e. The number of amides is 1. The van der Waals surface area contributed by atoms with Crippen molar-refractivity contribution in [2.45, 2.75) is 18.9 Å². The minimum atomic E-state index is -0.0346. The van der Waals surface area contributed by atoms with E-state index in [2.05, 4.69) is 38.3 Å². The fourth-order valence-corrected chi connectivity index (χ4v) is 2.88. The largest absolute Gasteiger partial charge is 0.349 e. The molecule has 0 bridgehead atoms. The van der Waals surface area contributed by atoms with Crippen LogP contribution in [0.5, 0.6) is 0 Å². The Hall–Kier alpha value is -1.40. The molecule has 0 aromatic carbocycles. The van der Waals surface area contributed by atoms with Crippen molar-refractivity contribution < 1.29 is 4.79 Å². The van der Waals surface area contributed by atoms with Crippen LogP contribution in [0.1, 0.15) is 23.2 Å². The van der Waals surface area contributed by atoms with Crippen molar-refractivity contribution in [1.29, 1.82) is 0 Å². The lowest BCUT2D eigenvalue weighted by Crippen LogP contribution is -2.43. The molecule has 1 aliphatic heterocycles. The molecular formula is C14H17BrN4O. The van der Waals surface area contributed by atoms with E-state index in [1.54, 1.807) is 10.7 Å². The van der Waals surface area contributed by atoms with Crippen molar-refractivity contribution in [3.63, 3.8) is 0 Å². The molecule has 1 amide bonds. The molecule has 3 rings (SSSR count). The van der Waals surface area contributed by atoms with Crippen LogP contribution >= 0.6 is 15.9 Å². The van der Waals surface area contributed by atoms with E-state index in [0.29, 0.717) is 5.56 Å². The highest BCUT2D eigenvalue weighted by Crippen LogP contribution is 2.17. The number of hydrogen-bond acceptors (Lipinski definition) is 3. The van der Waals surface area contributed by atoms with Gasteiger partial charge in [0.05, 0.1) is 17.3 Å². The predicted octanol–water partition coefficient (Wildman–Crippen LogP) is 1.92. The van der Waals surface area contributed by atoms with Gasteiger partial charge in [0.2, 0.25) is 0 Å². The van der Waals surface area contributed by atoms with Crippen molar-refractivity contribution >= 4 is 27.4 Å². The molecule has 2 aromatic heterocycles. The van der Waals surface area contributed by atoms with E-state index < -0.39 is 0 Å². The van der Waals surface area contributed by atoms with Gasteiger partial charge in [0, 0.05) is 16.7 Å². The first-order valence-corrected chi connectivity index (χ1v) is 7.55. The standard InChI is InChI=1S/C14H17BrN4O/c1-18-5-3-11(4-6-18)17-14(20)12-9-16-19-7-2-10(15)8-13(12)19/h2,7-9,11H,3-6H2,1H3,(H,17,20). The van der Waals surface area contributed by atoms with E-state index in [0.717, 1.165) is 35.9 Å². The number of carbonyl (C=O) groups excluding carboxylic acids is 1. The van der Waals surface area contributed by atoms with Gasteiger partial charge in [-0.25, -0.2) is 4.52 Å². The highest BCUT2D eigenvalue weighted by Gasteiger charge is 2.20. The second-order valence-electron chi connectivity index (χ2n) is 5.28. The Morgan fingerprint density at radius 1 is 1.45 bits per heavy atom. The average Bonchev–Trinajstić information content (AvgIpc) is 2.84. The summed E-state index contributed by atoms with van der Waals surface area (Å²) in [6.45, 7) is 2.07. The molecule has 1 saturated heterocycles. The third-order valence-electron chi connectivity index (χ3n) is 3.78. The third-order valence-corrected chi connectivity index (χ3v) is 4.28. The van der Waals surface area contributed by atoms with Crippen molar-refractivity contribution in [2.75, 3.05) is 20.1 Å². The Kier molecular flexibility index (Phi) is 3.76. The Balaban J connectivity index is 1.77. The summed E-state index contributed by atoms with van der Waals surface area (Å²) in [7, 11) is 2.11. The molecule has 1 aliphatic rings. The molecule has 0 saturated carbocycles. The van der Waals surface area contributed by atoms with E-state index in [1.807, 2.05) is 18.3 Å². The van der Waals surface area contributed by atoms with Gasteiger partial charge in [0.25, 0.3) is 5.91 Å². The van der Waals surface area contributed by atoms with Crippen LogP contribution in [0.2, 0.25) is 0 Å². The predicted molar refractivity (Wildman–Crippen MR) is 80.9 cm³/mol. The van der Waals surface area contributed by atoms with E-state index in [1.165, 1.54) is 0 Å². The Labute approximate surface area is 126 Å². The first kappa shape index (κ1) is 13.6. The molecule has 2 aromatic rings. The number of nitrogens with zero attached hydrogens (tertiary/aromatic N) is 3. The zero-order valence-electron chi connectivity index (χ0n) is 11.3. The van der Waals surface area contributed by atoms with Crippen LogP contribution < -0.4 is 5.32 Å². The molecule has 0 radical (unpaired) electrons. The molecular weight excluding hydrogens is 320 g/mol. The summed E-state index contributed by atoms with van der Waals surface area (Å²) in [5, 5.41) is 7.33. The van der Waals surface area contributed by atoms with Crippen molar-refractivity contribution in [3.8, 4) is 0 Å². The number of nitrogens with one attached hydrogen (secondary N) is 1. The maximum Gasteiger partial charge on any atom is 0.255 e. The van der Waals surface area contributed by atoms with Crippen molar-refractivity contribution in [2.24, 2.45) is 0 Å². The zero-order chi connectivity index (χ0) is 14.1. The molecule has 5 nitrogen and oxygen atoms in total. The van der Waals surface area contributed by atoms with Crippen LogP contribution in [0, 0.1) is 0 Å². The summed E-state index contributed by atoms with van der Waals surface area (Å²) >= 11 is 3.43. The number of hydrogen-bond donors (Lipinski definition) is 1. The summed E-state index contributed by atoms with van der Waals surface area (Å²) in [6, 6.07) is 4.08. The van der Waals surface area contributed by atoms with Gasteiger partial charge in [-0.3, -0.25) is 4.79 Å². The lowest BCUT2D eigenvalue weighted by molar-refractivity contribution is 0.0918. The number of piperidine rings is 1. The fourth-order valence-electron chi connectivity index (χ4n) is 2.55. The van der Waals surface area contributed by atoms with E-state index >= 15 is 0 Å². The molecule has 106 valence electrons. The molecule has 1 N–H and O–H groups in total. The number of aromatic nitrogens is 2. The second-order valence-corrected chi connectivity index (χ2v) is 6.20. The first-order chi connectivity index (χ1) is 9.63. The highest BCUT2D eigenvalue weighted by molar-refractivity contribution is 9.10. The molecule has 0 unspecified atom stereocenters. The Morgan fingerprint density at radius 3 is 2.95 bits per heavy atom. The molecule has 0 aliphatic carbocycles. The minimum absolute atomic E-state index is 0.0346. The topological polar surface area (TPSA) is 49.6 Å². The summed E-state index contributed by atoms with van der Waals surface area (Å²) < 4.78 is 2.66. The quantitative estimate of drug-likeness (QED) is 0.911. The second kappa shape index (κ2) is 5.54. The van der Waals surface area contributed by atoms with E-state index in [-0.39, 0.29) is 11.9 Å². The van der Waals surface area contributed by atoms with Crippen molar-refractivity contribution in [1.82, 2.24) is 19.8 Å². The van der Waals surface area contributed by atoms with Gasteiger partial charge >= 0.3 is 0 Å². The van der Waals surface area contributed by atoms with Gasteiger partial charge in [-0.1, -0.05) is 15.9 Å². The van der Waals surface area contributed by atoms with Gasteiger partial charge in [-0.15, -0.1) is 0 Å². The fraction of sp³-hybridized carbons (Fsp3) is 0.429.